The van der Waals surface area contributed by atoms with Crippen molar-refractivity contribution in [1.29, 1.82) is 0 Å². The third-order valence-corrected chi connectivity index (χ3v) is 5.07. The van der Waals surface area contributed by atoms with Crippen molar-refractivity contribution in [2.45, 2.75) is 44.9 Å². The van der Waals surface area contributed by atoms with Crippen molar-refractivity contribution < 1.29 is 8.42 Å². The van der Waals surface area contributed by atoms with E-state index in [-0.39, 0.29) is 11.7 Å². The van der Waals surface area contributed by atoms with Crippen molar-refractivity contribution in [3.05, 3.63) is 0 Å². The summed E-state index contributed by atoms with van der Waals surface area (Å²) in [5.74, 6) is 0.866. The van der Waals surface area contributed by atoms with E-state index in [1.807, 2.05) is 13.8 Å². The van der Waals surface area contributed by atoms with Gasteiger partial charge in [0.1, 0.15) is 0 Å². The van der Waals surface area contributed by atoms with E-state index in [4.69, 9.17) is 11.6 Å². The fourth-order valence-corrected chi connectivity index (χ4v) is 3.81. The van der Waals surface area contributed by atoms with Crippen molar-refractivity contribution in [1.82, 2.24) is 4.72 Å². The summed E-state index contributed by atoms with van der Waals surface area (Å²) in [5, 5.41) is 0.295. The quantitative estimate of drug-likeness (QED) is 0.778. The molecule has 0 heterocycles. The highest BCUT2D eigenvalue weighted by molar-refractivity contribution is 7.89. The van der Waals surface area contributed by atoms with Crippen LogP contribution in [0.2, 0.25) is 0 Å². The number of alkyl halides is 1. The van der Waals surface area contributed by atoms with Crippen molar-refractivity contribution in [3.8, 4) is 0 Å². The molecule has 3 nitrogen and oxygen atoms in total. The first-order valence-corrected chi connectivity index (χ1v) is 8.09. The molecule has 0 amide bonds. The van der Waals surface area contributed by atoms with Crippen LogP contribution < -0.4 is 4.72 Å². The summed E-state index contributed by atoms with van der Waals surface area (Å²) in [6.45, 7) is 4.41. The fourth-order valence-electron chi connectivity index (χ4n) is 2.07. The first-order chi connectivity index (χ1) is 7.39. The van der Waals surface area contributed by atoms with Crippen LogP contribution in [0, 0.1) is 11.8 Å². The SMILES string of the molecule is CC(C)CS(=O)(=O)NCC1CCC(Cl)CC1. The highest BCUT2D eigenvalue weighted by Gasteiger charge is 2.21. The number of rotatable bonds is 5. The lowest BCUT2D eigenvalue weighted by Crippen LogP contribution is -2.34. The number of hydrogen-bond donors (Lipinski definition) is 1. The number of sulfonamides is 1. The largest absolute Gasteiger partial charge is 0.215 e. The highest BCUT2D eigenvalue weighted by atomic mass is 35.5. The summed E-state index contributed by atoms with van der Waals surface area (Å²) in [7, 11) is -3.08. The van der Waals surface area contributed by atoms with Crippen LogP contribution in [0.25, 0.3) is 0 Å². The molecular weight excluding hydrogens is 246 g/mol. The van der Waals surface area contributed by atoms with Gasteiger partial charge in [0.25, 0.3) is 0 Å². The maximum atomic E-state index is 11.6. The first kappa shape index (κ1) is 14.3. The highest BCUT2D eigenvalue weighted by Crippen LogP contribution is 2.27. The second-order valence-electron chi connectivity index (χ2n) is 5.14. The van der Waals surface area contributed by atoms with Gasteiger partial charge in [0.2, 0.25) is 10.0 Å². The Kier molecular flexibility index (Phi) is 5.54. The molecule has 0 aromatic rings. The molecule has 1 fully saturated rings. The molecule has 16 heavy (non-hydrogen) atoms. The Balaban J connectivity index is 2.29. The lowest BCUT2D eigenvalue weighted by atomic mass is 9.89. The molecule has 5 heteroatoms. The molecule has 0 atom stereocenters. The molecule has 0 saturated heterocycles. The van der Waals surface area contributed by atoms with Crippen molar-refractivity contribution in [3.63, 3.8) is 0 Å². The first-order valence-electron chi connectivity index (χ1n) is 6.00. The second-order valence-corrected chi connectivity index (χ2v) is 7.61. The standard InChI is InChI=1S/C11H22ClNO2S/c1-9(2)8-16(14,15)13-7-10-3-5-11(12)6-4-10/h9-11,13H,3-8H2,1-2H3. The third-order valence-electron chi connectivity index (χ3n) is 2.92. The van der Waals surface area contributed by atoms with Gasteiger partial charge in [-0.2, -0.15) is 0 Å². The molecule has 1 rings (SSSR count). The molecule has 0 aliphatic heterocycles. The molecular formula is C11H22ClNO2S. The van der Waals surface area contributed by atoms with E-state index in [1.165, 1.54) is 0 Å². The predicted molar refractivity (Wildman–Crippen MR) is 68.2 cm³/mol. The van der Waals surface area contributed by atoms with Gasteiger partial charge in [-0.1, -0.05) is 13.8 Å². The molecule has 96 valence electrons. The topological polar surface area (TPSA) is 46.2 Å². The Morgan fingerprint density at radius 2 is 1.81 bits per heavy atom. The summed E-state index contributed by atoms with van der Waals surface area (Å²) in [6, 6.07) is 0. The maximum absolute atomic E-state index is 11.6. The minimum absolute atomic E-state index is 0.177. The van der Waals surface area contributed by atoms with Crippen LogP contribution in [0.3, 0.4) is 0 Å². The van der Waals surface area contributed by atoms with Gasteiger partial charge in [-0.25, -0.2) is 13.1 Å². The van der Waals surface area contributed by atoms with E-state index in [1.54, 1.807) is 0 Å². The Labute approximate surface area is 104 Å². The lowest BCUT2D eigenvalue weighted by Gasteiger charge is -2.25. The van der Waals surface area contributed by atoms with E-state index in [0.29, 0.717) is 17.8 Å². The zero-order chi connectivity index (χ0) is 12.2. The Morgan fingerprint density at radius 1 is 1.25 bits per heavy atom. The van der Waals surface area contributed by atoms with Gasteiger partial charge < -0.3 is 0 Å². The van der Waals surface area contributed by atoms with E-state index < -0.39 is 10.0 Å². The second kappa shape index (κ2) is 6.22. The van der Waals surface area contributed by atoms with Crippen LogP contribution in [0.5, 0.6) is 0 Å². The van der Waals surface area contributed by atoms with E-state index in [0.717, 1.165) is 25.7 Å². The smallest absolute Gasteiger partial charge is 0.211 e. The summed E-state index contributed by atoms with van der Waals surface area (Å²) in [5.41, 5.74) is 0. The van der Waals surface area contributed by atoms with Gasteiger partial charge in [0, 0.05) is 11.9 Å². The summed E-state index contributed by atoms with van der Waals surface area (Å²) >= 11 is 6.00. The number of nitrogens with one attached hydrogen (secondary N) is 1. The normalized spacial score (nSPS) is 27.2. The molecule has 0 aromatic heterocycles. The van der Waals surface area contributed by atoms with Crippen molar-refractivity contribution in [2.75, 3.05) is 12.3 Å². The Hall–Kier alpha value is 0.200. The van der Waals surface area contributed by atoms with Crippen LogP contribution in [-0.2, 0) is 10.0 Å². The minimum atomic E-state index is -3.08. The lowest BCUT2D eigenvalue weighted by molar-refractivity contribution is 0.361. The van der Waals surface area contributed by atoms with Gasteiger partial charge in [0.15, 0.2) is 0 Å². The summed E-state index contributed by atoms with van der Waals surface area (Å²) in [4.78, 5) is 0. The van der Waals surface area contributed by atoms with Crippen LogP contribution >= 0.6 is 11.6 Å². The number of hydrogen-bond acceptors (Lipinski definition) is 2. The van der Waals surface area contributed by atoms with Gasteiger partial charge in [-0.05, 0) is 37.5 Å². The molecule has 1 aliphatic rings. The predicted octanol–water partition coefficient (Wildman–Crippen LogP) is 2.36. The summed E-state index contributed by atoms with van der Waals surface area (Å²) < 4.78 is 25.9. The zero-order valence-electron chi connectivity index (χ0n) is 10.1. The van der Waals surface area contributed by atoms with Gasteiger partial charge in [-0.3, -0.25) is 0 Å². The number of halogens is 1. The monoisotopic (exact) mass is 267 g/mol. The van der Waals surface area contributed by atoms with Crippen LogP contribution in [0.15, 0.2) is 0 Å². The van der Waals surface area contributed by atoms with Gasteiger partial charge in [0.05, 0.1) is 5.75 Å². The van der Waals surface area contributed by atoms with E-state index in [2.05, 4.69) is 4.72 Å². The van der Waals surface area contributed by atoms with Crippen molar-refractivity contribution in [2.24, 2.45) is 11.8 Å². The van der Waals surface area contributed by atoms with E-state index >= 15 is 0 Å². The summed E-state index contributed by atoms with van der Waals surface area (Å²) in [6.07, 6.45) is 4.10. The van der Waals surface area contributed by atoms with Crippen molar-refractivity contribution >= 4 is 21.6 Å². The molecule has 0 spiro atoms. The van der Waals surface area contributed by atoms with Gasteiger partial charge >= 0.3 is 0 Å². The average molecular weight is 268 g/mol. The Morgan fingerprint density at radius 3 is 2.31 bits per heavy atom. The third kappa shape index (κ3) is 5.51. The molecule has 1 saturated carbocycles. The molecule has 0 aromatic carbocycles. The van der Waals surface area contributed by atoms with Gasteiger partial charge in [-0.15, -0.1) is 11.6 Å². The molecule has 0 radical (unpaired) electrons. The van der Waals surface area contributed by atoms with E-state index in [9.17, 15) is 8.42 Å². The maximum Gasteiger partial charge on any atom is 0.211 e. The van der Waals surface area contributed by atoms with Crippen LogP contribution in [-0.4, -0.2) is 26.1 Å². The molecule has 1 aliphatic carbocycles. The molecule has 0 bridgehead atoms. The Bertz CT molecular complexity index is 295. The minimum Gasteiger partial charge on any atom is -0.215 e. The molecule has 1 N–H and O–H groups in total. The zero-order valence-corrected chi connectivity index (χ0v) is 11.6. The van der Waals surface area contributed by atoms with Crippen LogP contribution in [0.4, 0.5) is 0 Å². The molecule has 0 unspecified atom stereocenters. The van der Waals surface area contributed by atoms with Crippen LogP contribution in [0.1, 0.15) is 39.5 Å². The average Bonchev–Trinajstić information content (AvgIpc) is 2.15. The fraction of sp³-hybridized carbons (Fsp3) is 1.00.